The summed E-state index contributed by atoms with van der Waals surface area (Å²) in [5.74, 6) is 2.24. The van der Waals surface area contributed by atoms with Crippen LogP contribution in [0.4, 0.5) is 5.69 Å². The summed E-state index contributed by atoms with van der Waals surface area (Å²) < 4.78 is 12.6. The Kier molecular flexibility index (Phi) is 6.31. The molecule has 2 unspecified atom stereocenters. The Morgan fingerprint density at radius 1 is 1.10 bits per heavy atom. The number of hydrogen-bond donors (Lipinski definition) is 2. The van der Waals surface area contributed by atoms with Crippen LogP contribution in [0.25, 0.3) is 0 Å². The van der Waals surface area contributed by atoms with Crippen LogP contribution in [0, 0.1) is 0 Å². The lowest BCUT2D eigenvalue weighted by Gasteiger charge is -2.33. The van der Waals surface area contributed by atoms with Gasteiger partial charge in [-0.15, -0.1) is 10.2 Å². The summed E-state index contributed by atoms with van der Waals surface area (Å²) in [7, 11) is 1.61. The number of rotatable bonds is 7. The maximum atomic E-state index is 13.3. The summed E-state index contributed by atoms with van der Waals surface area (Å²) in [5.41, 5.74) is 5.13. The molecule has 2 heterocycles. The summed E-state index contributed by atoms with van der Waals surface area (Å²) in [4.78, 5) is 13.3. The van der Waals surface area contributed by atoms with Crippen LogP contribution in [0.5, 0.6) is 11.5 Å². The number of nitrogens with zero attached hydrogens (tertiary/aromatic N) is 3. The number of carbonyl (C=O) groups is 1. The van der Waals surface area contributed by atoms with Crippen LogP contribution in [0.15, 0.2) is 53.7 Å². The summed E-state index contributed by atoms with van der Waals surface area (Å²) in [6.07, 6.45) is 0.735. The molecule has 2 N–H and O–H groups in total. The van der Waals surface area contributed by atoms with E-state index in [4.69, 9.17) is 9.47 Å². The number of thioether (sulfide) groups is 1. The third-order valence-corrected chi connectivity index (χ3v) is 6.20. The molecule has 3 aromatic rings. The smallest absolute Gasteiger partial charge is 0.240 e. The molecule has 0 saturated carbocycles. The van der Waals surface area contributed by atoms with E-state index in [-0.39, 0.29) is 11.9 Å². The number of anilines is 1. The molecule has 4 rings (SSSR count). The molecule has 0 radical (unpaired) electrons. The predicted molar refractivity (Wildman–Crippen MR) is 120 cm³/mol. The molecule has 2 aromatic carbocycles. The quantitative estimate of drug-likeness (QED) is 0.581. The van der Waals surface area contributed by atoms with Crippen molar-refractivity contribution in [2.24, 2.45) is 0 Å². The highest BCUT2D eigenvalue weighted by atomic mass is 32.2. The minimum Gasteiger partial charge on any atom is -0.497 e. The lowest BCUT2D eigenvalue weighted by atomic mass is 10.0. The molecule has 1 aliphatic rings. The zero-order valence-electron chi connectivity index (χ0n) is 17.7. The fraction of sp³-hybridized carbons (Fsp3) is 0.318. The number of carbonyl (C=O) groups excluding carboxylic acids is 1. The molecule has 0 spiro atoms. The molecule has 0 bridgehead atoms. The maximum absolute atomic E-state index is 13.3. The average molecular weight is 440 g/mol. The van der Waals surface area contributed by atoms with E-state index in [0.717, 1.165) is 29.3 Å². The van der Waals surface area contributed by atoms with Gasteiger partial charge < -0.3 is 20.2 Å². The first-order valence-corrected chi connectivity index (χ1v) is 11.1. The van der Waals surface area contributed by atoms with Gasteiger partial charge in [0.1, 0.15) is 16.7 Å². The molecule has 0 fully saturated rings. The van der Waals surface area contributed by atoms with Crippen molar-refractivity contribution in [3.63, 3.8) is 0 Å². The molecule has 9 heteroatoms. The van der Waals surface area contributed by atoms with Crippen LogP contribution in [-0.4, -0.2) is 39.7 Å². The Bertz CT molecular complexity index is 1040. The number of hydrogen-bond acceptors (Lipinski definition) is 7. The largest absolute Gasteiger partial charge is 0.497 e. The van der Waals surface area contributed by atoms with E-state index in [0.29, 0.717) is 17.5 Å². The predicted octanol–water partition coefficient (Wildman–Crippen LogP) is 3.65. The minimum absolute atomic E-state index is 0.117. The Balaban J connectivity index is 1.62. The number of ether oxygens (including phenoxy) is 2. The second kappa shape index (κ2) is 9.30. The molecule has 31 heavy (non-hydrogen) atoms. The van der Waals surface area contributed by atoms with Gasteiger partial charge in [-0.1, -0.05) is 30.8 Å². The number of methoxy groups -OCH3 is 1. The van der Waals surface area contributed by atoms with E-state index < -0.39 is 5.25 Å². The van der Waals surface area contributed by atoms with Crippen molar-refractivity contribution in [2.75, 3.05) is 24.5 Å². The van der Waals surface area contributed by atoms with Crippen LogP contribution in [0.2, 0.25) is 0 Å². The van der Waals surface area contributed by atoms with Gasteiger partial charge in [0, 0.05) is 12.1 Å². The zero-order chi connectivity index (χ0) is 21.8. The Morgan fingerprint density at radius 3 is 2.45 bits per heavy atom. The van der Waals surface area contributed by atoms with Crippen LogP contribution >= 0.6 is 11.8 Å². The Hall–Kier alpha value is -3.20. The second-order valence-corrected chi connectivity index (χ2v) is 8.06. The maximum Gasteiger partial charge on any atom is 0.240 e. The van der Waals surface area contributed by atoms with Gasteiger partial charge in [-0.2, -0.15) is 0 Å². The highest BCUT2D eigenvalue weighted by Crippen LogP contribution is 2.38. The van der Waals surface area contributed by atoms with E-state index in [1.807, 2.05) is 67.1 Å². The lowest BCUT2D eigenvalue weighted by molar-refractivity contribution is -0.116. The number of benzene rings is 2. The van der Waals surface area contributed by atoms with Gasteiger partial charge in [-0.25, -0.2) is 4.68 Å². The fourth-order valence-electron chi connectivity index (χ4n) is 3.40. The highest BCUT2D eigenvalue weighted by molar-refractivity contribution is 8.00. The Morgan fingerprint density at radius 2 is 1.81 bits per heavy atom. The molecule has 1 aromatic heterocycles. The monoisotopic (exact) mass is 439 g/mol. The van der Waals surface area contributed by atoms with Gasteiger partial charge in [0.2, 0.25) is 11.1 Å². The van der Waals surface area contributed by atoms with Crippen LogP contribution in [-0.2, 0) is 11.2 Å². The molecule has 0 saturated heterocycles. The van der Waals surface area contributed by atoms with Crippen molar-refractivity contribution < 1.29 is 14.3 Å². The van der Waals surface area contributed by atoms with E-state index in [1.165, 1.54) is 11.8 Å². The standard InChI is InChI=1S/C22H25N5O3S/c1-4-18-24-25-22-27(18)26-19(14-6-10-17(11-7-14)30-5-2)20(31-22)21(28)23-15-8-12-16(29-3)13-9-15/h6-13,19-20,26H,4-5H2,1-3H3,(H,23,28). The minimum atomic E-state index is -0.443. The molecular weight excluding hydrogens is 414 g/mol. The average Bonchev–Trinajstić information content (AvgIpc) is 3.21. The van der Waals surface area contributed by atoms with Crippen molar-refractivity contribution >= 4 is 23.4 Å². The Labute approximate surface area is 185 Å². The van der Waals surface area contributed by atoms with Crippen molar-refractivity contribution in [3.8, 4) is 11.5 Å². The lowest BCUT2D eigenvalue weighted by Crippen LogP contribution is -2.41. The number of aromatic nitrogens is 3. The fourth-order valence-corrected chi connectivity index (χ4v) is 4.50. The molecule has 8 nitrogen and oxygen atoms in total. The number of amides is 1. The summed E-state index contributed by atoms with van der Waals surface area (Å²) in [6.45, 7) is 4.58. The van der Waals surface area contributed by atoms with Crippen molar-refractivity contribution in [1.29, 1.82) is 0 Å². The van der Waals surface area contributed by atoms with Crippen LogP contribution in [0.3, 0.4) is 0 Å². The molecule has 162 valence electrons. The van der Waals surface area contributed by atoms with E-state index >= 15 is 0 Å². The van der Waals surface area contributed by atoms with Gasteiger partial charge >= 0.3 is 0 Å². The molecule has 2 atom stereocenters. The topological polar surface area (TPSA) is 90.3 Å². The first-order valence-electron chi connectivity index (χ1n) is 10.2. The molecule has 1 aliphatic heterocycles. The van der Waals surface area contributed by atoms with E-state index in [9.17, 15) is 4.79 Å². The first kappa shape index (κ1) is 21.0. The third kappa shape index (κ3) is 4.46. The van der Waals surface area contributed by atoms with Gasteiger partial charge in [-0.3, -0.25) is 4.79 Å². The summed E-state index contributed by atoms with van der Waals surface area (Å²) in [5, 5.41) is 11.7. The van der Waals surface area contributed by atoms with E-state index in [1.54, 1.807) is 7.11 Å². The SMILES string of the molecule is CCOc1ccc(C2Nn3c(CC)nnc3SC2C(=O)Nc2ccc(OC)cc2)cc1. The summed E-state index contributed by atoms with van der Waals surface area (Å²) >= 11 is 1.40. The van der Waals surface area contributed by atoms with Gasteiger partial charge in [0.05, 0.1) is 19.8 Å². The van der Waals surface area contributed by atoms with Gasteiger partial charge in [-0.05, 0) is 48.9 Å². The first-order chi connectivity index (χ1) is 15.1. The summed E-state index contributed by atoms with van der Waals surface area (Å²) in [6, 6.07) is 14.8. The molecule has 1 amide bonds. The number of aryl methyl sites for hydroxylation is 1. The third-order valence-electron chi connectivity index (χ3n) is 4.99. The van der Waals surface area contributed by atoms with E-state index in [2.05, 4.69) is 20.9 Å². The zero-order valence-corrected chi connectivity index (χ0v) is 18.5. The normalized spacial score (nSPS) is 17.4. The highest BCUT2D eigenvalue weighted by Gasteiger charge is 2.37. The van der Waals surface area contributed by atoms with Crippen LogP contribution in [0.1, 0.15) is 31.3 Å². The molecular formula is C22H25N5O3S. The number of nitrogens with one attached hydrogen (secondary N) is 2. The molecule has 0 aliphatic carbocycles. The van der Waals surface area contributed by atoms with Gasteiger partial charge in [0.25, 0.3) is 0 Å². The van der Waals surface area contributed by atoms with Crippen molar-refractivity contribution in [3.05, 3.63) is 59.9 Å². The second-order valence-electron chi connectivity index (χ2n) is 6.95. The van der Waals surface area contributed by atoms with Gasteiger partial charge in [0.15, 0.2) is 5.82 Å². The van der Waals surface area contributed by atoms with Crippen LogP contribution < -0.4 is 20.2 Å². The van der Waals surface area contributed by atoms with Crippen molar-refractivity contribution in [1.82, 2.24) is 14.9 Å². The number of fused-ring (bicyclic) bond motifs is 1. The van der Waals surface area contributed by atoms with Crippen molar-refractivity contribution in [2.45, 2.75) is 36.7 Å².